The van der Waals surface area contributed by atoms with Crippen LogP contribution in [-0.2, 0) is 0 Å². The zero-order valence-corrected chi connectivity index (χ0v) is 14.1. The minimum atomic E-state index is -0.190. The molecule has 2 aromatic rings. The SMILES string of the molecule is Fc1ccc(-n2ccc(C3CC[N][C@H](N4CCCCC4)C3)c2)cc1. The molecule has 1 aromatic carbocycles. The normalized spacial score (nSPS) is 25.7. The Kier molecular flexibility index (Phi) is 4.67. The topological polar surface area (TPSA) is 22.3 Å². The van der Waals surface area contributed by atoms with E-state index in [1.54, 1.807) is 0 Å². The van der Waals surface area contributed by atoms with Crippen molar-refractivity contribution in [1.82, 2.24) is 14.8 Å². The van der Waals surface area contributed by atoms with Crippen LogP contribution in [-0.4, -0.2) is 35.3 Å². The van der Waals surface area contributed by atoms with E-state index < -0.39 is 0 Å². The summed E-state index contributed by atoms with van der Waals surface area (Å²) in [6.07, 6.45) is 11.0. The highest BCUT2D eigenvalue weighted by molar-refractivity contribution is 5.34. The maximum atomic E-state index is 13.1. The van der Waals surface area contributed by atoms with Crippen molar-refractivity contribution in [2.45, 2.75) is 44.2 Å². The van der Waals surface area contributed by atoms with Gasteiger partial charge in [-0.15, -0.1) is 0 Å². The van der Waals surface area contributed by atoms with Gasteiger partial charge in [-0.3, -0.25) is 4.90 Å². The summed E-state index contributed by atoms with van der Waals surface area (Å²) in [6, 6.07) is 8.89. The number of piperidine rings is 2. The van der Waals surface area contributed by atoms with Gasteiger partial charge in [0.15, 0.2) is 0 Å². The third kappa shape index (κ3) is 3.40. The van der Waals surface area contributed by atoms with Crippen LogP contribution < -0.4 is 5.32 Å². The molecule has 2 aliphatic rings. The maximum Gasteiger partial charge on any atom is 0.123 e. The van der Waals surface area contributed by atoms with E-state index in [9.17, 15) is 4.39 Å². The molecule has 2 atom stereocenters. The van der Waals surface area contributed by atoms with Gasteiger partial charge in [0.25, 0.3) is 0 Å². The number of nitrogens with zero attached hydrogens (tertiary/aromatic N) is 3. The summed E-state index contributed by atoms with van der Waals surface area (Å²) >= 11 is 0. The first-order valence-electron chi connectivity index (χ1n) is 9.14. The zero-order valence-electron chi connectivity index (χ0n) is 14.1. The maximum absolute atomic E-state index is 13.1. The molecule has 3 nitrogen and oxygen atoms in total. The Bertz CT molecular complexity index is 658. The molecule has 0 N–H and O–H groups in total. The highest BCUT2D eigenvalue weighted by Gasteiger charge is 2.29. The number of rotatable bonds is 3. The predicted octanol–water partition coefficient (Wildman–Crippen LogP) is 3.91. The van der Waals surface area contributed by atoms with Crippen LogP contribution in [0.15, 0.2) is 42.7 Å². The Balaban J connectivity index is 1.46. The third-order valence-electron chi connectivity index (χ3n) is 5.44. The third-order valence-corrected chi connectivity index (χ3v) is 5.44. The molecular formula is C20H25FN3. The minimum Gasteiger partial charge on any atom is -0.324 e. The fourth-order valence-corrected chi connectivity index (χ4v) is 4.04. The van der Waals surface area contributed by atoms with Crippen LogP contribution in [0.3, 0.4) is 0 Å². The number of aromatic nitrogens is 1. The summed E-state index contributed by atoms with van der Waals surface area (Å²) in [6.45, 7) is 3.38. The van der Waals surface area contributed by atoms with E-state index >= 15 is 0 Å². The van der Waals surface area contributed by atoms with Gasteiger partial charge in [0, 0.05) is 24.6 Å². The second-order valence-corrected chi connectivity index (χ2v) is 7.03. The molecule has 4 heteroatoms. The van der Waals surface area contributed by atoms with Crippen molar-refractivity contribution in [3.05, 3.63) is 54.1 Å². The van der Waals surface area contributed by atoms with Crippen LogP contribution in [0.2, 0.25) is 0 Å². The van der Waals surface area contributed by atoms with Crippen molar-refractivity contribution >= 4 is 0 Å². The van der Waals surface area contributed by atoms with E-state index in [1.807, 2.05) is 12.1 Å². The lowest BCUT2D eigenvalue weighted by molar-refractivity contribution is 0.103. The minimum absolute atomic E-state index is 0.190. The summed E-state index contributed by atoms with van der Waals surface area (Å²) in [7, 11) is 0. The molecule has 0 saturated carbocycles. The van der Waals surface area contributed by atoms with Gasteiger partial charge in [-0.05, 0) is 80.6 Å². The first kappa shape index (κ1) is 15.9. The van der Waals surface area contributed by atoms with Crippen molar-refractivity contribution in [2.24, 2.45) is 0 Å². The number of hydrogen-bond acceptors (Lipinski definition) is 1. The molecule has 4 rings (SSSR count). The highest BCUT2D eigenvalue weighted by Crippen LogP contribution is 2.31. The van der Waals surface area contributed by atoms with Crippen LogP contribution in [0.5, 0.6) is 0 Å². The first-order valence-corrected chi connectivity index (χ1v) is 9.14. The Morgan fingerprint density at radius 3 is 2.58 bits per heavy atom. The van der Waals surface area contributed by atoms with E-state index in [0.29, 0.717) is 12.1 Å². The summed E-state index contributed by atoms with van der Waals surface area (Å²) < 4.78 is 15.2. The van der Waals surface area contributed by atoms with Crippen LogP contribution >= 0.6 is 0 Å². The summed E-state index contributed by atoms with van der Waals surface area (Å²) in [5.41, 5.74) is 2.40. The van der Waals surface area contributed by atoms with Crippen molar-refractivity contribution < 1.29 is 4.39 Å². The molecule has 3 heterocycles. The van der Waals surface area contributed by atoms with Crippen molar-refractivity contribution in [1.29, 1.82) is 0 Å². The van der Waals surface area contributed by atoms with Gasteiger partial charge in [-0.1, -0.05) is 6.42 Å². The molecule has 2 aliphatic heterocycles. The van der Waals surface area contributed by atoms with Crippen LogP contribution in [0, 0.1) is 5.82 Å². The highest BCUT2D eigenvalue weighted by atomic mass is 19.1. The lowest BCUT2D eigenvalue weighted by atomic mass is 9.89. The molecule has 0 aliphatic carbocycles. The zero-order chi connectivity index (χ0) is 16.4. The van der Waals surface area contributed by atoms with Crippen LogP contribution in [0.25, 0.3) is 5.69 Å². The lowest BCUT2D eigenvalue weighted by Gasteiger charge is -2.38. The second kappa shape index (κ2) is 7.08. The molecule has 0 spiro atoms. The average molecular weight is 326 g/mol. The predicted molar refractivity (Wildman–Crippen MR) is 93.9 cm³/mol. The van der Waals surface area contributed by atoms with Gasteiger partial charge in [0.2, 0.25) is 0 Å². The molecule has 0 bridgehead atoms. The van der Waals surface area contributed by atoms with Gasteiger partial charge < -0.3 is 4.57 Å². The number of halogens is 1. The van der Waals surface area contributed by atoms with Crippen LogP contribution in [0.1, 0.15) is 43.6 Å². The lowest BCUT2D eigenvalue weighted by Crippen LogP contribution is -2.48. The second-order valence-electron chi connectivity index (χ2n) is 7.03. The van der Waals surface area contributed by atoms with Crippen molar-refractivity contribution in [3.63, 3.8) is 0 Å². The van der Waals surface area contributed by atoms with E-state index in [0.717, 1.165) is 25.1 Å². The summed E-state index contributed by atoms with van der Waals surface area (Å²) in [5, 5.41) is 4.88. The van der Waals surface area contributed by atoms with Gasteiger partial charge in [-0.2, -0.15) is 0 Å². The molecule has 127 valence electrons. The Hall–Kier alpha value is -1.65. The van der Waals surface area contributed by atoms with Crippen molar-refractivity contribution in [3.8, 4) is 5.69 Å². The number of hydrogen-bond donors (Lipinski definition) is 0. The average Bonchev–Trinajstić information content (AvgIpc) is 3.13. The Morgan fingerprint density at radius 2 is 1.79 bits per heavy atom. The number of benzene rings is 1. The Labute approximate surface area is 143 Å². The van der Waals surface area contributed by atoms with Gasteiger partial charge in [0.1, 0.15) is 5.82 Å². The largest absolute Gasteiger partial charge is 0.324 e. The Morgan fingerprint density at radius 1 is 1.00 bits per heavy atom. The summed E-state index contributed by atoms with van der Waals surface area (Å²) in [4.78, 5) is 2.58. The molecule has 24 heavy (non-hydrogen) atoms. The molecule has 1 radical (unpaired) electrons. The standard InChI is InChI=1S/C20H25FN3/c21-18-4-6-19(7-5-18)24-13-9-17(15-24)16-8-10-22-20(14-16)23-11-2-1-3-12-23/h4-7,9,13,15-16,20H,1-3,8,10-12,14H2/t16?,20-/m1/s1. The van der Waals surface area contributed by atoms with Gasteiger partial charge in [0.05, 0.1) is 6.17 Å². The van der Waals surface area contributed by atoms with Crippen LogP contribution in [0.4, 0.5) is 4.39 Å². The molecule has 2 fully saturated rings. The smallest absolute Gasteiger partial charge is 0.123 e. The van der Waals surface area contributed by atoms with Gasteiger partial charge in [-0.25, -0.2) is 9.71 Å². The van der Waals surface area contributed by atoms with Crippen molar-refractivity contribution in [2.75, 3.05) is 19.6 Å². The van der Waals surface area contributed by atoms with E-state index in [1.165, 1.54) is 50.0 Å². The molecule has 1 aromatic heterocycles. The fraction of sp³-hybridized carbons (Fsp3) is 0.500. The quantitative estimate of drug-likeness (QED) is 0.838. The molecule has 0 amide bonds. The van der Waals surface area contributed by atoms with E-state index in [4.69, 9.17) is 5.32 Å². The molecular weight excluding hydrogens is 301 g/mol. The fourth-order valence-electron chi connectivity index (χ4n) is 4.04. The number of likely N-dealkylation sites (tertiary alicyclic amines) is 1. The monoisotopic (exact) mass is 326 g/mol. The molecule has 2 saturated heterocycles. The first-order chi connectivity index (χ1) is 11.8. The van der Waals surface area contributed by atoms with E-state index in [2.05, 4.69) is 27.9 Å². The molecule has 1 unspecified atom stereocenters. The van der Waals surface area contributed by atoms with Gasteiger partial charge >= 0.3 is 0 Å². The summed E-state index contributed by atoms with van der Waals surface area (Å²) in [5.74, 6) is 0.389. The van der Waals surface area contributed by atoms with E-state index in [-0.39, 0.29) is 5.82 Å².